The summed E-state index contributed by atoms with van der Waals surface area (Å²) < 4.78 is 10.7. The minimum absolute atomic E-state index is 0.0563. The van der Waals surface area contributed by atoms with Crippen molar-refractivity contribution in [3.8, 4) is 5.75 Å². The Morgan fingerprint density at radius 2 is 2.11 bits per heavy atom. The number of morpholine rings is 1. The van der Waals surface area contributed by atoms with Crippen molar-refractivity contribution in [2.75, 3.05) is 26.3 Å². The lowest BCUT2D eigenvalue weighted by molar-refractivity contribution is -0.136. The lowest BCUT2D eigenvalue weighted by Gasteiger charge is -2.27. The van der Waals surface area contributed by atoms with Gasteiger partial charge in [-0.05, 0) is 18.2 Å². The Hall–Kier alpha value is -1.20. The number of thiol groups is 1. The maximum absolute atomic E-state index is 11.9. The topological polar surface area (TPSA) is 38.8 Å². The second-order valence-electron chi connectivity index (χ2n) is 4.01. The van der Waals surface area contributed by atoms with Gasteiger partial charge >= 0.3 is 0 Å². The molecule has 0 aliphatic carbocycles. The van der Waals surface area contributed by atoms with Crippen molar-refractivity contribution in [2.24, 2.45) is 0 Å². The van der Waals surface area contributed by atoms with E-state index in [0.717, 1.165) is 0 Å². The summed E-state index contributed by atoms with van der Waals surface area (Å²) in [7, 11) is 0. The molecular formula is C13H16NO3S. The minimum atomic E-state index is -0.428. The molecule has 0 aromatic heterocycles. The van der Waals surface area contributed by atoms with Crippen LogP contribution >= 0.6 is 12.6 Å². The Kier molecular flexibility index (Phi) is 4.90. The molecule has 1 aliphatic rings. The van der Waals surface area contributed by atoms with Gasteiger partial charge in [0.1, 0.15) is 5.75 Å². The first-order valence-corrected chi connectivity index (χ1v) is 6.44. The van der Waals surface area contributed by atoms with E-state index >= 15 is 0 Å². The quantitative estimate of drug-likeness (QED) is 0.661. The molecule has 2 rings (SSSR count). The van der Waals surface area contributed by atoms with Gasteiger partial charge in [0.05, 0.1) is 19.6 Å². The van der Waals surface area contributed by atoms with E-state index in [-0.39, 0.29) is 12.3 Å². The molecule has 1 radical (unpaired) electrons. The summed E-state index contributed by atoms with van der Waals surface area (Å²) in [4.78, 5) is 13.7. The summed E-state index contributed by atoms with van der Waals surface area (Å²) in [5.41, 5.74) is -0.428. The predicted octanol–water partition coefficient (Wildman–Crippen LogP) is 1.37. The molecule has 1 unspecified atom stereocenters. The zero-order chi connectivity index (χ0) is 12.8. The zero-order valence-electron chi connectivity index (χ0n) is 10.0. The second kappa shape index (κ2) is 6.66. The van der Waals surface area contributed by atoms with E-state index in [4.69, 9.17) is 9.47 Å². The molecule has 1 heterocycles. The molecule has 0 bridgehead atoms. The number of benzene rings is 1. The van der Waals surface area contributed by atoms with Gasteiger partial charge < -0.3 is 14.4 Å². The fourth-order valence-corrected chi connectivity index (χ4v) is 2.02. The van der Waals surface area contributed by atoms with Gasteiger partial charge in [0.15, 0.2) is 5.44 Å². The van der Waals surface area contributed by atoms with Crippen molar-refractivity contribution in [1.29, 1.82) is 0 Å². The molecule has 0 saturated carbocycles. The number of rotatable bonds is 4. The van der Waals surface area contributed by atoms with Crippen LogP contribution in [-0.4, -0.2) is 42.5 Å². The molecule has 18 heavy (non-hydrogen) atoms. The van der Waals surface area contributed by atoms with Gasteiger partial charge in [-0.1, -0.05) is 12.1 Å². The Bertz CT molecular complexity index is 379. The SMILES string of the molecule is O=C(CC(S)Oc1cc[c]cc1)N1CCOCC1. The molecule has 97 valence electrons. The molecule has 0 N–H and O–H groups in total. The minimum Gasteiger partial charge on any atom is -0.480 e. The second-order valence-corrected chi connectivity index (χ2v) is 4.58. The van der Waals surface area contributed by atoms with Gasteiger partial charge in [-0.25, -0.2) is 0 Å². The van der Waals surface area contributed by atoms with E-state index in [1.165, 1.54) is 0 Å². The molecule has 5 heteroatoms. The van der Waals surface area contributed by atoms with Crippen LogP contribution in [0.4, 0.5) is 0 Å². The molecule has 4 nitrogen and oxygen atoms in total. The van der Waals surface area contributed by atoms with Crippen molar-refractivity contribution in [3.05, 3.63) is 30.3 Å². The van der Waals surface area contributed by atoms with Crippen molar-refractivity contribution >= 4 is 18.5 Å². The smallest absolute Gasteiger partial charge is 0.227 e. The van der Waals surface area contributed by atoms with E-state index < -0.39 is 5.44 Å². The van der Waals surface area contributed by atoms with E-state index in [9.17, 15) is 4.79 Å². The highest BCUT2D eigenvalue weighted by Gasteiger charge is 2.20. The summed E-state index contributed by atoms with van der Waals surface area (Å²) in [6, 6.07) is 10.0. The normalized spacial score (nSPS) is 17.3. The number of hydrogen-bond acceptors (Lipinski definition) is 4. The first kappa shape index (κ1) is 13.2. The highest BCUT2D eigenvalue weighted by Crippen LogP contribution is 2.15. The Morgan fingerprint density at radius 1 is 1.44 bits per heavy atom. The number of carbonyl (C=O) groups is 1. The van der Waals surface area contributed by atoms with Gasteiger partial charge in [0.2, 0.25) is 5.91 Å². The molecule has 0 spiro atoms. The summed E-state index contributed by atoms with van der Waals surface area (Å²) in [5, 5.41) is 0. The molecule has 1 aromatic rings. The summed E-state index contributed by atoms with van der Waals surface area (Å²) in [6.45, 7) is 2.52. The maximum atomic E-state index is 11.9. The van der Waals surface area contributed by atoms with Crippen molar-refractivity contribution in [2.45, 2.75) is 11.9 Å². The Labute approximate surface area is 112 Å². The van der Waals surface area contributed by atoms with Crippen molar-refractivity contribution in [3.63, 3.8) is 0 Å². The van der Waals surface area contributed by atoms with Gasteiger partial charge in [-0.3, -0.25) is 4.79 Å². The third kappa shape index (κ3) is 3.92. The lowest BCUT2D eigenvalue weighted by atomic mass is 10.3. The van der Waals surface area contributed by atoms with Crippen LogP contribution in [0.3, 0.4) is 0 Å². The van der Waals surface area contributed by atoms with Gasteiger partial charge in [0.25, 0.3) is 0 Å². The van der Waals surface area contributed by atoms with Crippen LogP contribution in [0, 0.1) is 6.07 Å². The lowest BCUT2D eigenvalue weighted by Crippen LogP contribution is -2.41. The first-order chi connectivity index (χ1) is 8.75. The van der Waals surface area contributed by atoms with Gasteiger partial charge in [0, 0.05) is 13.1 Å². The molecule has 1 atom stereocenters. The summed E-state index contributed by atoms with van der Waals surface area (Å²) >= 11 is 4.29. The van der Waals surface area contributed by atoms with Crippen LogP contribution < -0.4 is 4.74 Å². The van der Waals surface area contributed by atoms with Crippen LogP contribution in [0.15, 0.2) is 24.3 Å². The zero-order valence-corrected chi connectivity index (χ0v) is 10.9. The third-order valence-electron chi connectivity index (χ3n) is 2.67. The monoisotopic (exact) mass is 266 g/mol. The van der Waals surface area contributed by atoms with E-state index in [0.29, 0.717) is 32.1 Å². The number of nitrogens with zero attached hydrogens (tertiary/aromatic N) is 1. The molecule has 1 fully saturated rings. The van der Waals surface area contributed by atoms with Gasteiger partial charge in [-0.15, -0.1) is 12.6 Å². The first-order valence-electron chi connectivity index (χ1n) is 5.92. The van der Waals surface area contributed by atoms with Gasteiger partial charge in [-0.2, -0.15) is 0 Å². The molecule has 1 aliphatic heterocycles. The standard InChI is InChI=1S/C13H16NO3S/c15-12(14-6-8-16-9-7-14)10-13(18)17-11-4-2-1-3-5-11/h2-5,13,18H,6-10H2. The van der Waals surface area contributed by atoms with Crippen LogP contribution in [0.2, 0.25) is 0 Å². The highest BCUT2D eigenvalue weighted by molar-refractivity contribution is 7.80. The molecule has 1 aromatic carbocycles. The molecular weight excluding hydrogens is 250 g/mol. The maximum Gasteiger partial charge on any atom is 0.227 e. The van der Waals surface area contributed by atoms with E-state index in [1.807, 2.05) is 0 Å². The number of hydrogen-bond donors (Lipinski definition) is 1. The fourth-order valence-electron chi connectivity index (χ4n) is 1.74. The highest BCUT2D eigenvalue weighted by atomic mass is 32.1. The van der Waals surface area contributed by atoms with E-state index in [1.54, 1.807) is 29.2 Å². The Balaban J connectivity index is 1.79. The third-order valence-corrected chi connectivity index (χ3v) is 2.96. The van der Waals surface area contributed by atoms with Crippen molar-refractivity contribution < 1.29 is 14.3 Å². The number of amides is 1. The molecule has 1 saturated heterocycles. The average Bonchev–Trinajstić information content (AvgIpc) is 2.40. The predicted molar refractivity (Wildman–Crippen MR) is 70.7 cm³/mol. The van der Waals surface area contributed by atoms with Crippen LogP contribution in [-0.2, 0) is 9.53 Å². The number of ether oxygens (including phenoxy) is 2. The van der Waals surface area contributed by atoms with Crippen LogP contribution in [0.25, 0.3) is 0 Å². The largest absolute Gasteiger partial charge is 0.480 e. The molecule has 1 amide bonds. The van der Waals surface area contributed by atoms with Crippen molar-refractivity contribution in [1.82, 2.24) is 4.90 Å². The Morgan fingerprint density at radius 3 is 2.78 bits per heavy atom. The average molecular weight is 266 g/mol. The van der Waals surface area contributed by atoms with E-state index in [2.05, 4.69) is 18.7 Å². The number of carbonyl (C=O) groups excluding carboxylic acids is 1. The fraction of sp³-hybridized carbons (Fsp3) is 0.462. The van der Waals surface area contributed by atoms with Crippen LogP contribution in [0.5, 0.6) is 5.75 Å². The van der Waals surface area contributed by atoms with Crippen LogP contribution in [0.1, 0.15) is 6.42 Å². The summed E-state index contributed by atoms with van der Waals surface area (Å²) in [5.74, 6) is 0.754. The summed E-state index contributed by atoms with van der Waals surface area (Å²) in [6.07, 6.45) is 0.266.